The molecule has 1 aromatic carbocycles. The number of hydrogen-bond donors (Lipinski definition) is 1. The maximum Gasteiger partial charge on any atom is 0.246 e. The highest BCUT2D eigenvalue weighted by Gasteiger charge is 2.27. The molecular weight excluding hydrogens is 529 g/mol. The van der Waals surface area contributed by atoms with Crippen LogP contribution in [0.2, 0.25) is 0 Å². The summed E-state index contributed by atoms with van der Waals surface area (Å²) < 4.78 is 1.72. The number of likely N-dealkylation sites (tertiary alicyclic amines) is 1. The van der Waals surface area contributed by atoms with Crippen molar-refractivity contribution in [2.75, 3.05) is 44.2 Å². The average Bonchev–Trinajstić information content (AvgIpc) is 3.24. The van der Waals surface area contributed by atoms with E-state index in [-0.39, 0.29) is 29.9 Å². The van der Waals surface area contributed by atoms with Crippen molar-refractivity contribution < 1.29 is 4.79 Å². The number of nitrogens with one attached hydrogen (secondary N) is 1. The Hall–Kier alpha value is -2.14. The van der Waals surface area contributed by atoms with Crippen LogP contribution in [0.1, 0.15) is 37.3 Å². The van der Waals surface area contributed by atoms with Gasteiger partial charge in [0.15, 0.2) is 5.96 Å². The Balaban J connectivity index is 0.00000306. The van der Waals surface area contributed by atoms with Crippen molar-refractivity contribution in [2.24, 2.45) is 12.0 Å². The Morgan fingerprint density at radius 3 is 2.52 bits per heavy atom. The lowest BCUT2D eigenvalue weighted by Crippen LogP contribution is -2.55. The number of rotatable bonds is 6. The summed E-state index contributed by atoms with van der Waals surface area (Å²) in [7, 11) is 1.86. The highest BCUT2D eigenvalue weighted by atomic mass is 127. The number of halogens is 1. The summed E-state index contributed by atoms with van der Waals surface area (Å²) >= 11 is 0. The molecule has 0 aliphatic carbocycles. The minimum absolute atomic E-state index is 0. The third-order valence-electron chi connectivity index (χ3n) is 6.22. The molecule has 2 aliphatic rings. The lowest BCUT2D eigenvalue weighted by molar-refractivity contribution is -0.120. The quantitative estimate of drug-likeness (QED) is 0.332. The number of guanidine groups is 1. The van der Waals surface area contributed by atoms with Gasteiger partial charge >= 0.3 is 0 Å². The lowest BCUT2D eigenvalue weighted by atomic mass is 10.1. The first-order valence-electron chi connectivity index (χ1n) is 11.8. The normalized spacial score (nSPS) is 17.8. The van der Waals surface area contributed by atoms with Gasteiger partial charge in [-0.05, 0) is 44.0 Å². The van der Waals surface area contributed by atoms with Gasteiger partial charge in [-0.15, -0.1) is 24.0 Å². The topological polar surface area (TPSA) is 69.0 Å². The van der Waals surface area contributed by atoms with E-state index in [4.69, 9.17) is 4.99 Å². The van der Waals surface area contributed by atoms with Crippen LogP contribution in [0.4, 0.5) is 5.69 Å². The third kappa shape index (κ3) is 6.69. The molecule has 2 saturated heterocycles. The second-order valence-electron chi connectivity index (χ2n) is 8.61. The molecule has 2 fully saturated rings. The van der Waals surface area contributed by atoms with E-state index in [0.29, 0.717) is 19.6 Å². The van der Waals surface area contributed by atoms with Crippen molar-refractivity contribution in [3.8, 4) is 0 Å². The standard InChI is InChI=1S/C24H35N7O.HI/c1-3-25-24(30-13-14-31(23(32)19-30)22-16-27-28(2)18-22)26-15-20-9-5-6-10-21(20)17-29-11-7-4-8-12-29;/h5-6,9-10,16,18H,3-4,7-8,11-15,17,19H2,1-2H3,(H,25,26);1H. The number of aryl methyl sites for hydroxylation is 1. The van der Waals surface area contributed by atoms with Crippen molar-refractivity contribution in [1.29, 1.82) is 0 Å². The second-order valence-corrected chi connectivity index (χ2v) is 8.61. The Bertz CT molecular complexity index is 938. The molecule has 0 radical (unpaired) electrons. The molecule has 180 valence electrons. The SMILES string of the molecule is CCNC(=NCc1ccccc1CN1CCCCC1)N1CCN(c2cnn(C)c2)C(=O)C1.I. The van der Waals surface area contributed by atoms with Gasteiger partial charge in [0.2, 0.25) is 5.91 Å². The summed E-state index contributed by atoms with van der Waals surface area (Å²) in [4.78, 5) is 24.2. The Morgan fingerprint density at radius 1 is 1.09 bits per heavy atom. The van der Waals surface area contributed by atoms with Gasteiger partial charge < -0.3 is 15.1 Å². The molecule has 1 amide bonds. The number of nitrogens with zero attached hydrogens (tertiary/aromatic N) is 6. The van der Waals surface area contributed by atoms with Crippen LogP contribution in [0.3, 0.4) is 0 Å². The maximum atomic E-state index is 12.8. The van der Waals surface area contributed by atoms with Crippen LogP contribution in [0.15, 0.2) is 41.7 Å². The molecule has 8 nitrogen and oxygen atoms in total. The van der Waals surface area contributed by atoms with Gasteiger partial charge in [0.1, 0.15) is 6.54 Å². The van der Waals surface area contributed by atoms with E-state index in [1.807, 2.05) is 13.2 Å². The number of aliphatic imine (C=N–C) groups is 1. The molecule has 0 bridgehead atoms. The van der Waals surface area contributed by atoms with Crippen molar-refractivity contribution in [2.45, 2.75) is 39.3 Å². The molecular formula is C24H36IN7O. The number of benzene rings is 1. The van der Waals surface area contributed by atoms with Crippen molar-refractivity contribution >= 4 is 41.5 Å². The number of piperidine rings is 1. The Morgan fingerprint density at radius 2 is 1.85 bits per heavy atom. The molecule has 4 rings (SSSR count). The van der Waals surface area contributed by atoms with E-state index in [1.165, 1.54) is 43.5 Å². The van der Waals surface area contributed by atoms with Crippen LogP contribution >= 0.6 is 24.0 Å². The minimum atomic E-state index is 0. The number of carbonyl (C=O) groups excluding carboxylic acids is 1. The first kappa shape index (κ1) is 25.5. The van der Waals surface area contributed by atoms with Crippen LogP contribution in [0.5, 0.6) is 0 Å². The molecule has 33 heavy (non-hydrogen) atoms. The van der Waals surface area contributed by atoms with E-state index in [1.54, 1.807) is 15.8 Å². The van der Waals surface area contributed by atoms with Crippen molar-refractivity contribution in [3.05, 3.63) is 47.8 Å². The van der Waals surface area contributed by atoms with Crippen LogP contribution in [-0.2, 0) is 24.9 Å². The van der Waals surface area contributed by atoms with Gasteiger partial charge in [-0.1, -0.05) is 30.7 Å². The van der Waals surface area contributed by atoms with Crippen LogP contribution in [-0.4, -0.2) is 70.7 Å². The summed E-state index contributed by atoms with van der Waals surface area (Å²) in [5.74, 6) is 0.875. The molecule has 9 heteroatoms. The van der Waals surface area contributed by atoms with Crippen molar-refractivity contribution in [1.82, 2.24) is 24.9 Å². The molecule has 2 aromatic rings. The summed E-state index contributed by atoms with van der Waals surface area (Å²) in [5.41, 5.74) is 3.46. The molecule has 0 spiro atoms. The number of piperazine rings is 1. The molecule has 0 saturated carbocycles. The van der Waals surface area contributed by atoms with Crippen LogP contribution in [0.25, 0.3) is 0 Å². The van der Waals surface area contributed by atoms with E-state index in [0.717, 1.165) is 31.3 Å². The fraction of sp³-hybridized carbons (Fsp3) is 0.542. The zero-order valence-corrected chi connectivity index (χ0v) is 22.1. The smallest absolute Gasteiger partial charge is 0.246 e. The zero-order valence-electron chi connectivity index (χ0n) is 19.7. The first-order chi connectivity index (χ1) is 15.6. The number of amides is 1. The fourth-order valence-corrected chi connectivity index (χ4v) is 4.48. The third-order valence-corrected chi connectivity index (χ3v) is 6.22. The molecule has 1 aromatic heterocycles. The van der Waals surface area contributed by atoms with Crippen LogP contribution in [0, 0.1) is 0 Å². The number of carbonyl (C=O) groups is 1. The fourth-order valence-electron chi connectivity index (χ4n) is 4.48. The number of hydrogen-bond acceptors (Lipinski definition) is 4. The summed E-state index contributed by atoms with van der Waals surface area (Å²) in [5, 5.41) is 7.57. The largest absolute Gasteiger partial charge is 0.356 e. The minimum Gasteiger partial charge on any atom is -0.356 e. The highest BCUT2D eigenvalue weighted by molar-refractivity contribution is 14.0. The van der Waals surface area contributed by atoms with Crippen molar-refractivity contribution in [3.63, 3.8) is 0 Å². The average molecular weight is 566 g/mol. The monoisotopic (exact) mass is 565 g/mol. The van der Waals surface area contributed by atoms with E-state index in [2.05, 4.69) is 51.4 Å². The molecule has 0 unspecified atom stereocenters. The Labute approximate surface area is 214 Å². The molecule has 0 atom stereocenters. The number of anilines is 1. The zero-order chi connectivity index (χ0) is 22.3. The summed E-state index contributed by atoms with van der Waals surface area (Å²) in [6, 6.07) is 8.61. The van der Waals surface area contributed by atoms with Gasteiger partial charge in [-0.2, -0.15) is 5.10 Å². The second kappa shape index (κ2) is 12.4. The van der Waals surface area contributed by atoms with Gasteiger partial charge in [0, 0.05) is 39.4 Å². The van der Waals surface area contributed by atoms with Gasteiger partial charge in [-0.25, -0.2) is 4.99 Å². The van der Waals surface area contributed by atoms with Gasteiger partial charge in [0.25, 0.3) is 0 Å². The maximum absolute atomic E-state index is 12.8. The van der Waals surface area contributed by atoms with E-state index < -0.39 is 0 Å². The summed E-state index contributed by atoms with van der Waals surface area (Å²) in [6.45, 7) is 8.48. The van der Waals surface area contributed by atoms with Crippen LogP contribution < -0.4 is 10.2 Å². The molecule has 3 heterocycles. The Kier molecular flexibility index (Phi) is 9.54. The molecule has 2 aliphatic heterocycles. The number of aromatic nitrogens is 2. The predicted molar refractivity (Wildman–Crippen MR) is 143 cm³/mol. The van der Waals surface area contributed by atoms with Gasteiger partial charge in [-0.3, -0.25) is 14.4 Å². The highest BCUT2D eigenvalue weighted by Crippen LogP contribution is 2.18. The lowest BCUT2D eigenvalue weighted by Gasteiger charge is -2.35. The summed E-state index contributed by atoms with van der Waals surface area (Å²) in [6.07, 6.45) is 7.56. The van der Waals surface area contributed by atoms with E-state index >= 15 is 0 Å². The first-order valence-corrected chi connectivity index (χ1v) is 11.8. The van der Waals surface area contributed by atoms with E-state index in [9.17, 15) is 4.79 Å². The predicted octanol–water partition coefficient (Wildman–Crippen LogP) is 2.84. The van der Waals surface area contributed by atoms with Gasteiger partial charge in [0.05, 0.1) is 18.4 Å². The molecule has 1 N–H and O–H groups in total.